The Morgan fingerprint density at radius 3 is 1.63 bits per heavy atom. The second-order valence-corrected chi connectivity index (χ2v) is 13.5. The SMILES string of the molecule is c1ccc(-c2nc3ccccc3c3cc4c5ccccc5n(-c5cccc(-c6ccc7c8ccccc8c8ccccc8c7c6)c5)c4cc23)cc1. The van der Waals surface area contributed by atoms with Crippen molar-refractivity contribution in [2.24, 2.45) is 0 Å². The highest BCUT2D eigenvalue weighted by molar-refractivity contribution is 6.26. The molecule has 0 amide bonds. The number of pyridine rings is 1. The van der Waals surface area contributed by atoms with E-state index in [4.69, 9.17) is 4.98 Å². The molecule has 11 aromatic rings. The molecule has 2 heterocycles. The highest BCUT2D eigenvalue weighted by atomic mass is 15.0. The maximum absolute atomic E-state index is 5.25. The van der Waals surface area contributed by atoms with Crippen molar-refractivity contribution >= 4 is 75.8 Å². The normalized spacial score (nSPS) is 11.9. The predicted molar refractivity (Wildman–Crippen MR) is 217 cm³/mol. The maximum Gasteiger partial charge on any atom is 0.0788 e. The lowest BCUT2D eigenvalue weighted by Crippen LogP contribution is -1.95. The number of aromatic nitrogens is 2. The van der Waals surface area contributed by atoms with E-state index in [1.807, 2.05) is 0 Å². The van der Waals surface area contributed by atoms with Gasteiger partial charge in [-0.3, -0.25) is 0 Å². The second kappa shape index (κ2) is 10.9. The molecule has 51 heavy (non-hydrogen) atoms. The standard InChI is InChI=1S/C49H30N2/c1-2-13-31(14-3-1)49-45-30-48-44(29-43(45)40-21-8-10-23-46(40)50-49)41-22-9-11-24-47(41)51(48)34-16-12-15-32(27-34)33-25-26-39-37-19-5-4-17-35(37)36-18-6-7-20-38(36)42(39)28-33/h1-30H. The third kappa shape index (κ3) is 4.20. The molecule has 0 unspecified atom stereocenters. The Hall–Kier alpha value is -6.77. The monoisotopic (exact) mass is 646 g/mol. The quantitative estimate of drug-likeness (QED) is 0.175. The fourth-order valence-electron chi connectivity index (χ4n) is 8.42. The highest BCUT2D eigenvalue weighted by Crippen LogP contribution is 2.41. The Morgan fingerprint density at radius 1 is 0.294 bits per heavy atom. The van der Waals surface area contributed by atoms with Crippen molar-refractivity contribution < 1.29 is 0 Å². The predicted octanol–water partition coefficient (Wildman–Crippen LogP) is 13.3. The molecule has 0 aliphatic rings. The minimum absolute atomic E-state index is 1.01. The molecule has 2 heteroatoms. The van der Waals surface area contributed by atoms with E-state index in [1.54, 1.807) is 0 Å². The van der Waals surface area contributed by atoms with Crippen LogP contribution < -0.4 is 0 Å². The summed E-state index contributed by atoms with van der Waals surface area (Å²) in [5.74, 6) is 0. The van der Waals surface area contributed by atoms with Crippen molar-refractivity contribution in [3.8, 4) is 28.1 Å². The number of hydrogen-bond donors (Lipinski definition) is 0. The molecular weight excluding hydrogens is 617 g/mol. The highest BCUT2D eigenvalue weighted by Gasteiger charge is 2.18. The lowest BCUT2D eigenvalue weighted by Gasteiger charge is -2.14. The lowest BCUT2D eigenvalue weighted by molar-refractivity contribution is 1.18. The van der Waals surface area contributed by atoms with Gasteiger partial charge in [0.2, 0.25) is 0 Å². The van der Waals surface area contributed by atoms with E-state index in [-0.39, 0.29) is 0 Å². The van der Waals surface area contributed by atoms with Gasteiger partial charge in [0.15, 0.2) is 0 Å². The first kappa shape index (κ1) is 28.1. The van der Waals surface area contributed by atoms with Crippen LogP contribution in [0.1, 0.15) is 0 Å². The molecule has 0 radical (unpaired) electrons. The largest absolute Gasteiger partial charge is 0.309 e. The Balaban J connectivity index is 1.17. The smallest absolute Gasteiger partial charge is 0.0788 e. The Labute approximate surface area is 294 Å². The van der Waals surface area contributed by atoms with E-state index >= 15 is 0 Å². The van der Waals surface area contributed by atoms with Crippen LogP contribution in [0.5, 0.6) is 0 Å². The van der Waals surface area contributed by atoms with Gasteiger partial charge in [0, 0.05) is 32.8 Å². The third-order valence-corrected chi connectivity index (χ3v) is 10.7. The van der Waals surface area contributed by atoms with Crippen molar-refractivity contribution in [3.05, 3.63) is 182 Å². The second-order valence-electron chi connectivity index (χ2n) is 13.5. The first-order valence-electron chi connectivity index (χ1n) is 17.6. The summed E-state index contributed by atoms with van der Waals surface area (Å²) in [5.41, 5.74) is 9.03. The first-order valence-corrected chi connectivity index (χ1v) is 17.6. The number of nitrogens with zero attached hydrogens (tertiary/aromatic N) is 2. The molecule has 0 bridgehead atoms. The summed E-state index contributed by atoms with van der Waals surface area (Å²) in [6, 6.07) is 66.2. The summed E-state index contributed by atoms with van der Waals surface area (Å²) >= 11 is 0. The molecule has 0 saturated carbocycles. The van der Waals surface area contributed by atoms with Gasteiger partial charge in [-0.15, -0.1) is 0 Å². The van der Waals surface area contributed by atoms with Crippen molar-refractivity contribution in [1.82, 2.24) is 9.55 Å². The Bertz CT molecular complexity index is 3150. The van der Waals surface area contributed by atoms with Gasteiger partial charge < -0.3 is 4.57 Å². The molecular formula is C49H30N2. The van der Waals surface area contributed by atoms with Crippen LogP contribution in [-0.2, 0) is 0 Å². The summed E-state index contributed by atoms with van der Waals surface area (Å²) in [5, 5.41) is 13.8. The zero-order chi connectivity index (χ0) is 33.5. The third-order valence-electron chi connectivity index (χ3n) is 10.7. The van der Waals surface area contributed by atoms with E-state index in [2.05, 4.69) is 187 Å². The van der Waals surface area contributed by atoms with Gasteiger partial charge in [0.1, 0.15) is 0 Å². The van der Waals surface area contributed by atoms with Crippen LogP contribution >= 0.6 is 0 Å². The van der Waals surface area contributed by atoms with Crippen LogP contribution in [-0.4, -0.2) is 9.55 Å². The van der Waals surface area contributed by atoms with Gasteiger partial charge in [0.25, 0.3) is 0 Å². The molecule has 0 fully saturated rings. The summed E-state index contributed by atoms with van der Waals surface area (Å²) in [4.78, 5) is 5.25. The van der Waals surface area contributed by atoms with Crippen molar-refractivity contribution in [2.75, 3.05) is 0 Å². The van der Waals surface area contributed by atoms with E-state index in [0.717, 1.165) is 27.8 Å². The zero-order valence-electron chi connectivity index (χ0n) is 27.7. The Morgan fingerprint density at radius 2 is 0.863 bits per heavy atom. The fraction of sp³-hybridized carbons (Fsp3) is 0. The van der Waals surface area contributed by atoms with E-state index < -0.39 is 0 Å². The van der Waals surface area contributed by atoms with Gasteiger partial charge in [-0.05, 0) is 91.3 Å². The van der Waals surface area contributed by atoms with E-state index in [1.165, 1.54) is 76.0 Å². The summed E-state index contributed by atoms with van der Waals surface area (Å²) in [7, 11) is 0. The topological polar surface area (TPSA) is 17.8 Å². The minimum Gasteiger partial charge on any atom is -0.309 e. The summed E-state index contributed by atoms with van der Waals surface area (Å²) < 4.78 is 2.43. The number of hydrogen-bond acceptors (Lipinski definition) is 1. The molecule has 0 saturated heterocycles. The molecule has 11 rings (SSSR count). The maximum atomic E-state index is 5.25. The molecule has 0 aliphatic heterocycles. The van der Waals surface area contributed by atoms with Crippen LogP contribution in [0.3, 0.4) is 0 Å². The molecule has 236 valence electrons. The summed E-state index contributed by atoms with van der Waals surface area (Å²) in [6.07, 6.45) is 0. The average molecular weight is 647 g/mol. The van der Waals surface area contributed by atoms with Gasteiger partial charge in [0.05, 0.1) is 22.2 Å². The number of para-hydroxylation sites is 2. The molecule has 0 N–H and O–H groups in total. The van der Waals surface area contributed by atoms with Crippen LogP contribution in [0.2, 0.25) is 0 Å². The van der Waals surface area contributed by atoms with Crippen LogP contribution in [0.4, 0.5) is 0 Å². The van der Waals surface area contributed by atoms with Gasteiger partial charge in [-0.1, -0.05) is 140 Å². The van der Waals surface area contributed by atoms with Crippen LogP contribution in [0.25, 0.3) is 104 Å². The number of rotatable bonds is 3. The van der Waals surface area contributed by atoms with Crippen molar-refractivity contribution in [1.29, 1.82) is 0 Å². The van der Waals surface area contributed by atoms with E-state index in [9.17, 15) is 0 Å². The van der Waals surface area contributed by atoms with Crippen molar-refractivity contribution in [3.63, 3.8) is 0 Å². The molecule has 0 aliphatic carbocycles. The molecule has 2 nitrogen and oxygen atoms in total. The molecule has 2 aromatic heterocycles. The summed E-state index contributed by atoms with van der Waals surface area (Å²) in [6.45, 7) is 0. The first-order chi connectivity index (χ1) is 25.3. The van der Waals surface area contributed by atoms with E-state index in [0.29, 0.717) is 0 Å². The Kier molecular flexibility index (Phi) is 5.99. The fourth-order valence-corrected chi connectivity index (χ4v) is 8.42. The van der Waals surface area contributed by atoms with Crippen LogP contribution in [0.15, 0.2) is 182 Å². The van der Waals surface area contributed by atoms with Crippen molar-refractivity contribution in [2.45, 2.75) is 0 Å². The van der Waals surface area contributed by atoms with Crippen LogP contribution in [0, 0.1) is 0 Å². The molecule has 0 spiro atoms. The molecule has 9 aromatic carbocycles. The minimum atomic E-state index is 1.01. The van der Waals surface area contributed by atoms with Gasteiger partial charge in [-0.25, -0.2) is 4.98 Å². The molecule has 0 atom stereocenters. The average Bonchev–Trinajstić information content (AvgIpc) is 3.53. The zero-order valence-corrected chi connectivity index (χ0v) is 27.7. The lowest BCUT2D eigenvalue weighted by atomic mass is 9.92. The number of fused-ring (bicyclic) bond motifs is 12. The van der Waals surface area contributed by atoms with Gasteiger partial charge >= 0.3 is 0 Å². The van der Waals surface area contributed by atoms with Gasteiger partial charge in [-0.2, -0.15) is 0 Å². The number of benzene rings is 9.